The second kappa shape index (κ2) is 7.44. The number of likely N-dealkylation sites (tertiary alicyclic amines) is 1. The van der Waals surface area contributed by atoms with Crippen LogP contribution >= 0.6 is 0 Å². The van der Waals surface area contributed by atoms with E-state index >= 15 is 0 Å². The molecule has 1 aromatic carbocycles. The normalized spacial score (nSPS) is 21.6. The Balaban J connectivity index is 2.22. The summed E-state index contributed by atoms with van der Waals surface area (Å²) in [6.07, 6.45) is 7.01. The van der Waals surface area contributed by atoms with Gasteiger partial charge in [-0.15, -0.1) is 0 Å². The van der Waals surface area contributed by atoms with Gasteiger partial charge in [0, 0.05) is 18.5 Å². The number of nitrogens with two attached hydrogens (primary N) is 1. The van der Waals surface area contributed by atoms with E-state index in [0.717, 1.165) is 6.54 Å². The maximum atomic E-state index is 7.71. The van der Waals surface area contributed by atoms with Crippen molar-refractivity contribution >= 4 is 5.84 Å². The fourth-order valence-electron chi connectivity index (χ4n) is 3.39. The summed E-state index contributed by atoms with van der Waals surface area (Å²) in [7, 11) is 0. The Morgan fingerprint density at radius 2 is 2.10 bits per heavy atom. The lowest BCUT2D eigenvalue weighted by Crippen LogP contribution is -2.43. The molecule has 0 aromatic heterocycles. The summed E-state index contributed by atoms with van der Waals surface area (Å²) in [4.78, 5) is 2.60. The zero-order chi connectivity index (χ0) is 14.4. The van der Waals surface area contributed by atoms with Crippen LogP contribution in [0.4, 0.5) is 0 Å². The van der Waals surface area contributed by atoms with Gasteiger partial charge in [0.1, 0.15) is 0 Å². The molecule has 110 valence electrons. The zero-order valence-electron chi connectivity index (χ0n) is 12.5. The lowest BCUT2D eigenvalue weighted by molar-refractivity contribution is 0.0905. The van der Waals surface area contributed by atoms with Crippen LogP contribution in [0.3, 0.4) is 0 Å². The molecule has 1 aliphatic heterocycles. The van der Waals surface area contributed by atoms with Crippen molar-refractivity contribution in [2.45, 2.75) is 57.5 Å². The molecule has 2 unspecified atom stereocenters. The van der Waals surface area contributed by atoms with E-state index in [-0.39, 0.29) is 6.04 Å². The van der Waals surface area contributed by atoms with Crippen molar-refractivity contribution in [1.82, 2.24) is 4.90 Å². The average Bonchev–Trinajstić information content (AvgIpc) is 2.47. The average molecular weight is 273 g/mol. The van der Waals surface area contributed by atoms with Gasteiger partial charge < -0.3 is 5.73 Å². The van der Waals surface area contributed by atoms with E-state index in [1.807, 2.05) is 6.07 Å². The van der Waals surface area contributed by atoms with Crippen molar-refractivity contribution in [3.63, 3.8) is 0 Å². The Morgan fingerprint density at radius 3 is 2.75 bits per heavy atom. The van der Waals surface area contributed by atoms with Crippen LogP contribution in [0.15, 0.2) is 30.3 Å². The van der Waals surface area contributed by atoms with Crippen LogP contribution in [0, 0.1) is 5.41 Å². The second-order valence-electron chi connectivity index (χ2n) is 5.83. The van der Waals surface area contributed by atoms with Gasteiger partial charge in [0.15, 0.2) is 0 Å². The molecule has 1 fully saturated rings. The van der Waals surface area contributed by atoms with E-state index in [0.29, 0.717) is 18.3 Å². The van der Waals surface area contributed by atoms with Gasteiger partial charge in [0.05, 0.1) is 5.84 Å². The van der Waals surface area contributed by atoms with E-state index in [9.17, 15) is 0 Å². The third-order valence-electron chi connectivity index (χ3n) is 4.29. The fourth-order valence-corrected chi connectivity index (χ4v) is 3.39. The molecule has 2 rings (SSSR count). The van der Waals surface area contributed by atoms with Gasteiger partial charge in [0.25, 0.3) is 0 Å². The second-order valence-corrected chi connectivity index (χ2v) is 5.83. The molecule has 3 heteroatoms. The predicted molar refractivity (Wildman–Crippen MR) is 85.0 cm³/mol. The van der Waals surface area contributed by atoms with Gasteiger partial charge in [-0.2, -0.15) is 0 Å². The first-order chi connectivity index (χ1) is 9.72. The standard InChI is InChI=1S/C17H27N3/c1-2-8-15-11-6-7-12-20(15)16(13-17(18)19)14-9-4-3-5-10-14/h3-5,9-10,15-16H,2,6-8,11-13H2,1H3,(H3,18,19). The monoisotopic (exact) mass is 273 g/mol. The van der Waals surface area contributed by atoms with E-state index in [2.05, 4.69) is 36.1 Å². The molecule has 20 heavy (non-hydrogen) atoms. The number of nitrogens with one attached hydrogen (secondary N) is 1. The van der Waals surface area contributed by atoms with Crippen LogP contribution in [0.1, 0.15) is 57.1 Å². The lowest BCUT2D eigenvalue weighted by atomic mass is 9.92. The Kier molecular flexibility index (Phi) is 5.60. The molecule has 1 aromatic rings. The van der Waals surface area contributed by atoms with Gasteiger partial charge >= 0.3 is 0 Å². The molecule has 0 aliphatic carbocycles. The highest BCUT2D eigenvalue weighted by atomic mass is 15.2. The molecule has 0 spiro atoms. The van der Waals surface area contributed by atoms with E-state index in [1.54, 1.807) is 0 Å². The maximum Gasteiger partial charge on any atom is 0.0924 e. The van der Waals surface area contributed by atoms with E-state index in [4.69, 9.17) is 11.1 Å². The quantitative estimate of drug-likeness (QED) is 0.613. The zero-order valence-corrected chi connectivity index (χ0v) is 12.5. The highest BCUT2D eigenvalue weighted by molar-refractivity contribution is 5.77. The first kappa shape index (κ1) is 15.0. The largest absolute Gasteiger partial charge is 0.388 e. The van der Waals surface area contributed by atoms with Crippen molar-refractivity contribution in [2.24, 2.45) is 5.73 Å². The summed E-state index contributed by atoms with van der Waals surface area (Å²) in [5, 5.41) is 7.71. The van der Waals surface area contributed by atoms with Crippen LogP contribution in [0.25, 0.3) is 0 Å². The van der Waals surface area contributed by atoms with Crippen molar-refractivity contribution in [3.05, 3.63) is 35.9 Å². The van der Waals surface area contributed by atoms with Crippen molar-refractivity contribution in [2.75, 3.05) is 6.54 Å². The van der Waals surface area contributed by atoms with Crippen molar-refractivity contribution in [1.29, 1.82) is 5.41 Å². The highest BCUT2D eigenvalue weighted by Crippen LogP contribution is 2.32. The molecule has 2 atom stereocenters. The fraction of sp³-hybridized carbons (Fsp3) is 0.588. The SMILES string of the molecule is CCCC1CCCCN1C(CC(=N)N)c1ccccc1. The molecule has 0 bridgehead atoms. The summed E-state index contributed by atoms with van der Waals surface area (Å²) in [6.45, 7) is 3.40. The Bertz CT molecular complexity index is 414. The van der Waals surface area contributed by atoms with Gasteiger partial charge in [-0.05, 0) is 31.4 Å². The minimum Gasteiger partial charge on any atom is -0.388 e. The highest BCUT2D eigenvalue weighted by Gasteiger charge is 2.29. The summed E-state index contributed by atoms with van der Waals surface area (Å²) in [5.41, 5.74) is 7.01. The molecular formula is C17H27N3. The van der Waals surface area contributed by atoms with Gasteiger partial charge in [0.2, 0.25) is 0 Å². The topological polar surface area (TPSA) is 53.1 Å². The summed E-state index contributed by atoms with van der Waals surface area (Å²) >= 11 is 0. The Hall–Kier alpha value is -1.35. The number of piperidine rings is 1. The smallest absolute Gasteiger partial charge is 0.0924 e. The third kappa shape index (κ3) is 3.83. The molecule has 0 saturated carbocycles. The first-order valence-corrected chi connectivity index (χ1v) is 7.86. The maximum absolute atomic E-state index is 7.71. The van der Waals surface area contributed by atoms with Crippen LogP contribution in [0.2, 0.25) is 0 Å². The molecule has 1 heterocycles. The third-order valence-corrected chi connectivity index (χ3v) is 4.29. The number of hydrogen-bond donors (Lipinski definition) is 2. The Labute approximate surface area is 122 Å². The van der Waals surface area contributed by atoms with Crippen LogP contribution < -0.4 is 5.73 Å². The number of hydrogen-bond acceptors (Lipinski definition) is 2. The summed E-state index contributed by atoms with van der Waals surface area (Å²) < 4.78 is 0. The van der Waals surface area contributed by atoms with Crippen molar-refractivity contribution in [3.8, 4) is 0 Å². The van der Waals surface area contributed by atoms with Crippen molar-refractivity contribution < 1.29 is 0 Å². The van der Waals surface area contributed by atoms with Crippen LogP contribution in [-0.2, 0) is 0 Å². The minimum atomic E-state index is 0.269. The van der Waals surface area contributed by atoms with Crippen LogP contribution in [0.5, 0.6) is 0 Å². The first-order valence-electron chi connectivity index (χ1n) is 7.86. The van der Waals surface area contributed by atoms with E-state index in [1.165, 1.54) is 37.7 Å². The number of nitrogens with zero attached hydrogens (tertiary/aromatic N) is 1. The summed E-state index contributed by atoms with van der Waals surface area (Å²) in [5.74, 6) is 0.291. The molecule has 3 nitrogen and oxygen atoms in total. The number of amidine groups is 1. The number of benzene rings is 1. The Morgan fingerprint density at radius 1 is 1.35 bits per heavy atom. The lowest BCUT2D eigenvalue weighted by Gasteiger charge is -2.41. The van der Waals surface area contributed by atoms with Gasteiger partial charge in [-0.1, -0.05) is 50.1 Å². The van der Waals surface area contributed by atoms with E-state index < -0.39 is 0 Å². The molecular weight excluding hydrogens is 246 g/mol. The molecule has 3 N–H and O–H groups in total. The number of rotatable bonds is 6. The summed E-state index contributed by atoms with van der Waals surface area (Å²) in [6, 6.07) is 11.5. The molecule has 1 saturated heterocycles. The predicted octanol–water partition coefficient (Wildman–Crippen LogP) is 3.71. The molecule has 1 aliphatic rings. The molecule has 0 radical (unpaired) electrons. The minimum absolute atomic E-state index is 0.269. The van der Waals surface area contributed by atoms with Gasteiger partial charge in [-0.25, -0.2) is 0 Å². The van der Waals surface area contributed by atoms with Crippen LogP contribution in [-0.4, -0.2) is 23.3 Å². The van der Waals surface area contributed by atoms with Gasteiger partial charge in [-0.3, -0.25) is 10.3 Å². The molecule has 0 amide bonds.